The minimum Gasteiger partial charge on any atom is -0.506 e. The maximum atomic E-state index is 11.9. The summed E-state index contributed by atoms with van der Waals surface area (Å²) >= 11 is 0. The molecule has 0 bridgehead atoms. The third kappa shape index (κ3) is 2.30. The lowest BCUT2D eigenvalue weighted by atomic mass is 10.2. The van der Waals surface area contributed by atoms with E-state index in [0.717, 1.165) is 5.56 Å². The molecule has 0 atom stereocenters. The van der Waals surface area contributed by atoms with Crippen LogP contribution in [-0.2, 0) is 7.05 Å². The average molecular weight is 230 g/mol. The van der Waals surface area contributed by atoms with E-state index in [1.165, 1.54) is 0 Å². The molecule has 0 radical (unpaired) electrons. The number of aryl methyl sites for hydroxylation is 2. The number of aromatic nitrogens is 1. The van der Waals surface area contributed by atoms with E-state index in [9.17, 15) is 9.90 Å². The van der Waals surface area contributed by atoms with Crippen LogP contribution in [-0.4, -0.2) is 15.6 Å². The minimum absolute atomic E-state index is 0.0764. The molecule has 0 saturated heterocycles. The summed E-state index contributed by atoms with van der Waals surface area (Å²) in [5.41, 5.74) is 1.91. The van der Waals surface area contributed by atoms with Gasteiger partial charge in [0.25, 0.3) is 5.91 Å². The van der Waals surface area contributed by atoms with Gasteiger partial charge < -0.3 is 15.0 Å². The van der Waals surface area contributed by atoms with E-state index in [1.807, 2.05) is 13.0 Å². The van der Waals surface area contributed by atoms with E-state index in [2.05, 4.69) is 5.32 Å². The van der Waals surface area contributed by atoms with Gasteiger partial charge in [0.1, 0.15) is 11.4 Å². The van der Waals surface area contributed by atoms with E-state index < -0.39 is 0 Å². The number of amides is 1. The number of rotatable bonds is 2. The van der Waals surface area contributed by atoms with Crippen LogP contribution in [0, 0.1) is 6.92 Å². The summed E-state index contributed by atoms with van der Waals surface area (Å²) in [7, 11) is 1.80. The zero-order valence-corrected chi connectivity index (χ0v) is 9.77. The van der Waals surface area contributed by atoms with Crippen molar-refractivity contribution in [2.75, 3.05) is 5.32 Å². The summed E-state index contributed by atoms with van der Waals surface area (Å²) < 4.78 is 1.72. The number of carbonyl (C=O) groups excluding carboxylic acids is 1. The number of nitrogens with one attached hydrogen (secondary N) is 1. The lowest BCUT2D eigenvalue weighted by molar-refractivity contribution is 0.101. The van der Waals surface area contributed by atoms with E-state index in [0.29, 0.717) is 11.4 Å². The standard InChI is InChI=1S/C13H14N2O2/c1-9-5-6-10(12(16)8-9)14-13(17)11-4-3-7-15(11)2/h3-8,16H,1-2H3,(H,14,17). The molecule has 1 aromatic heterocycles. The van der Waals surface area contributed by atoms with Gasteiger partial charge in [0.2, 0.25) is 0 Å². The largest absolute Gasteiger partial charge is 0.506 e. The Morgan fingerprint density at radius 3 is 2.71 bits per heavy atom. The lowest BCUT2D eigenvalue weighted by Crippen LogP contribution is -2.15. The highest BCUT2D eigenvalue weighted by molar-refractivity contribution is 6.03. The molecule has 1 aromatic carbocycles. The van der Waals surface area contributed by atoms with Crippen molar-refractivity contribution < 1.29 is 9.90 Å². The van der Waals surface area contributed by atoms with Gasteiger partial charge in [-0.1, -0.05) is 6.07 Å². The van der Waals surface area contributed by atoms with Crippen LogP contribution < -0.4 is 5.32 Å². The first-order chi connectivity index (χ1) is 8.08. The molecular weight excluding hydrogens is 216 g/mol. The van der Waals surface area contributed by atoms with Gasteiger partial charge >= 0.3 is 0 Å². The number of phenolic OH excluding ortho intramolecular Hbond substituents is 1. The molecule has 0 aliphatic carbocycles. The number of benzene rings is 1. The highest BCUT2D eigenvalue weighted by atomic mass is 16.3. The van der Waals surface area contributed by atoms with Crippen molar-refractivity contribution in [1.82, 2.24) is 4.57 Å². The topological polar surface area (TPSA) is 54.3 Å². The molecule has 0 unspecified atom stereocenters. The summed E-state index contributed by atoms with van der Waals surface area (Å²) in [4.78, 5) is 11.9. The number of phenols is 1. The van der Waals surface area contributed by atoms with E-state index in [-0.39, 0.29) is 11.7 Å². The number of hydrogen-bond donors (Lipinski definition) is 2. The first-order valence-corrected chi connectivity index (χ1v) is 5.30. The molecule has 2 rings (SSSR count). The maximum absolute atomic E-state index is 11.9. The van der Waals surface area contributed by atoms with Gasteiger partial charge in [0.15, 0.2) is 0 Å². The smallest absolute Gasteiger partial charge is 0.272 e. The average Bonchev–Trinajstić information content (AvgIpc) is 2.68. The molecule has 1 amide bonds. The fraction of sp³-hybridized carbons (Fsp3) is 0.154. The predicted octanol–water partition coefficient (Wildman–Crippen LogP) is 2.29. The lowest BCUT2D eigenvalue weighted by Gasteiger charge is -2.08. The van der Waals surface area contributed by atoms with Crippen molar-refractivity contribution in [3.63, 3.8) is 0 Å². The number of nitrogens with zero attached hydrogens (tertiary/aromatic N) is 1. The van der Waals surface area contributed by atoms with Gasteiger partial charge in [0, 0.05) is 13.2 Å². The molecule has 0 fully saturated rings. The first-order valence-electron chi connectivity index (χ1n) is 5.30. The molecular formula is C13H14N2O2. The van der Waals surface area contributed by atoms with Crippen molar-refractivity contribution in [2.24, 2.45) is 7.05 Å². The Hall–Kier alpha value is -2.23. The first kappa shape index (κ1) is 11.3. The number of aromatic hydroxyl groups is 1. The predicted molar refractivity (Wildman–Crippen MR) is 66.2 cm³/mol. The Kier molecular flexibility index (Phi) is 2.87. The van der Waals surface area contributed by atoms with Gasteiger partial charge in [-0.15, -0.1) is 0 Å². The Balaban J connectivity index is 2.22. The highest BCUT2D eigenvalue weighted by Gasteiger charge is 2.11. The summed E-state index contributed by atoms with van der Waals surface area (Å²) in [6.07, 6.45) is 1.80. The third-order valence-electron chi connectivity index (χ3n) is 2.58. The van der Waals surface area contributed by atoms with E-state index in [1.54, 1.807) is 42.1 Å². The second kappa shape index (κ2) is 4.33. The van der Waals surface area contributed by atoms with Crippen molar-refractivity contribution in [3.8, 4) is 5.75 Å². The van der Waals surface area contributed by atoms with Crippen LogP contribution in [0.5, 0.6) is 5.75 Å². The Morgan fingerprint density at radius 2 is 2.12 bits per heavy atom. The van der Waals surface area contributed by atoms with Gasteiger partial charge in [-0.05, 0) is 36.8 Å². The van der Waals surface area contributed by atoms with E-state index >= 15 is 0 Å². The van der Waals surface area contributed by atoms with E-state index in [4.69, 9.17) is 0 Å². The molecule has 0 aliphatic heterocycles. The van der Waals surface area contributed by atoms with Crippen LogP contribution in [0.25, 0.3) is 0 Å². The zero-order chi connectivity index (χ0) is 12.4. The SMILES string of the molecule is Cc1ccc(NC(=O)c2cccn2C)c(O)c1. The zero-order valence-electron chi connectivity index (χ0n) is 9.77. The Morgan fingerprint density at radius 1 is 1.35 bits per heavy atom. The summed E-state index contributed by atoms with van der Waals surface area (Å²) in [6.45, 7) is 1.88. The van der Waals surface area contributed by atoms with Gasteiger partial charge in [-0.25, -0.2) is 0 Å². The van der Waals surface area contributed by atoms with Crippen molar-refractivity contribution in [1.29, 1.82) is 0 Å². The normalized spacial score (nSPS) is 10.2. The van der Waals surface area contributed by atoms with Crippen molar-refractivity contribution >= 4 is 11.6 Å². The number of hydrogen-bond acceptors (Lipinski definition) is 2. The monoisotopic (exact) mass is 230 g/mol. The van der Waals surface area contributed by atoms with Crippen LogP contribution >= 0.6 is 0 Å². The fourth-order valence-corrected chi connectivity index (χ4v) is 1.63. The van der Waals surface area contributed by atoms with Gasteiger partial charge in [-0.2, -0.15) is 0 Å². The summed E-state index contributed by atoms with van der Waals surface area (Å²) in [5, 5.41) is 12.4. The maximum Gasteiger partial charge on any atom is 0.272 e. The van der Waals surface area contributed by atoms with Crippen LogP contribution in [0.15, 0.2) is 36.5 Å². The van der Waals surface area contributed by atoms with Crippen molar-refractivity contribution in [3.05, 3.63) is 47.8 Å². The summed E-state index contributed by atoms with van der Waals surface area (Å²) in [5.74, 6) is -0.163. The second-order valence-corrected chi connectivity index (χ2v) is 3.98. The Bertz CT molecular complexity index is 558. The van der Waals surface area contributed by atoms with Gasteiger partial charge in [-0.3, -0.25) is 4.79 Å². The van der Waals surface area contributed by atoms with Crippen LogP contribution in [0.3, 0.4) is 0 Å². The molecule has 1 heterocycles. The van der Waals surface area contributed by atoms with Crippen LogP contribution in [0.4, 0.5) is 5.69 Å². The Labute approximate surface area is 99.5 Å². The van der Waals surface area contributed by atoms with Crippen molar-refractivity contribution in [2.45, 2.75) is 6.92 Å². The highest BCUT2D eigenvalue weighted by Crippen LogP contribution is 2.24. The molecule has 0 saturated carbocycles. The van der Waals surface area contributed by atoms with Crippen LogP contribution in [0.1, 0.15) is 16.1 Å². The second-order valence-electron chi connectivity index (χ2n) is 3.98. The third-order valence-corrected chi connectivity index (χ3v) is 2.58. The molecule has 88 valence electrons. The molecule has 4 nitrogen and oxygen atoms in total. The van der Waals surface area contributed by atoms with Crippen LogP contribution in [0.2, 0.25) is 0 Å². The van der Waals surface area contributed by atoms with Gasteiger partial charge in [0.05, 0.1) is 5.69 Å². The molecule has 0 aliphatic rings. The minimum atomic E-state index is -0.239. The fourth-order valence-electron chi connectivity index (χ4n) is 1.63. The molecule has 4 heteroatoms. The molecule has 17 heavy (non-hydrogen) atoms. The molecule has 2 N–H and O–H groups in total. The number of carbonyl (C=O) groups is 1. The summed E-state index contributed by atoms with van der Waals surface area (Å²) in [6, 6.07) is 8.65. The quantitative estimate of drug-likeness (QED) is 0.778. The molecule has 0 spiro atoms. The number of anilines is 1. The molecule has 2 aromatic rings.